The summed E-state index contributed by atoms with van der Waals surface area (Å²) < 4.78 is 1.90. The van der Waals surface area contributed by atoms with E-state index in [1.54, 1.807) is 17.4 Å². The number of nitrogens with one attached hydrogen (secondary N) is 1. The summed E-state index contributed by atoms with van der Waals surface area (Å²) in [5, 5.41) is 2.91. The lowest BCUT2D eigenvalue weighted by atomic mass is 10.1. The van der Waals surface area contributed by atoms with Crippen molar-refractivity contribution in [1.29, 1.82) is 0 Å². The molecule has 1 N–H and O–H groups in total. The third-order valence-corrected chi connectivity index (χ3v) is 4.64. The maximum Gasteiger partial charge on any atom is 0.228 e. The molecule has 0 bridgehead atoms. The van der Waals surface area contributed by atoms with Gasteiger partial charge in [-0.2, -0.15) is 0 Å². The predicted molar refractivity (Wildman–Crippen MR) is 104 cm³/mol. The lowest BCUT2D eigenvalue weighted by Gasteiger charge is -2.15. The predicted octanol–water partition coefficient (Wildman–Crippen LogP) is 3.18. The summed E-state index contributed by atoms with van der Waals surface area (Å²) in [5.41, 5.74) is 3.55. The largest absolute Gasteiger partial charge is 0.326 e. The van der Waals surface area contributed by atoms with Crippen LogP contribution in [0, 0.1) is 0 Å². The van der Waals surface area contributed by atoms with Gasteiger partial charge in [0, 0.05) is 42.4 Å². The van der Waals surface area contributed by atoms with E-state index in [1.165, 1.54) is 0 Å². The number of anilines is 2. The molecule has 0 spiro atoms. The van der Waals surface area contributed by atoms with Crippen molar-refractivity contribution in [3.8, 4) is 5.69 Å². The van der Waals surface area contributed by atoms with Gasteiger partial charge < -0.3 is 14.8 Å². The Morgan fingerprint density at radius 3 is 2.41 bits per heavy atom. The summed E-state index contributed by atoms with van der Waals surface area (Å²) in [7, 11) is 0. The van der Waals surface area contributed by atoms with E-state index in [0.29, 0.717) is 6.42 Å². The minimum Gasteiger partial charge on any atom is -0.326 e. The number of carbonyl (C=O) groups is 2. The minimum atomic E-state index is -0.0737. The number of carbonyl (C=O) groups excluding carboxylic acids is 2. The van der Waals surface area contributed by atoms with Crippen LogP contribution in [0.25, 0.3) is 5.69 Å². The fourth-order valence-corrected chi connectivity index (χ4v) is 3.23. The maximum atomic E-state index is 12.3. The van der Waals surface area contributed by atoms with Crippen molar-refractivity contribution in [2.24, 2.45) is 0 Å². The van der Waals surface area contributed by atoms with Crippen LogP contribution in [0.3, 0.4) is 0 Å². The highest BCUT2D eigenvalue weighted by Gasteiger charge is 2.21. The number of hydrogen-bond donors (Lipinski definition) is 1. The highest BCUT2D eigenvalue weighted by molar-refractivity contribution is 5.95. The molecule has 0 atom stereocenters. The second-order valence-corrected chi connectivity index (χ2v) is 6.56. The van der Waals surface area contributed by atoms with Gasteiger partial charge in [-0.1, -0.05) is 12.1 Å². The van der Waals surface area contributed by atoms with Gasteiger partial charge in [-0.3, -0.25) is 9.59 Å². The van der Waals surface area contributed by atoms with Gasteiger partial charge in [0.2, 0.25) is 11.8 Å². The molecule has 3 aromatic rings. The van der Waals surface area contributed by atoms with Crippen molar-refractivity contribution in [2.45, 2.75) is 19.3 Å². The standard InChI is InChI=1S/C21H20N4O2/c26-20(23-17-5-9-18(10-6-17)24-13-11-22-15-24)14-16-3-7-19(8-4-16)25-12-1-2-21(25)27/h3-11,13,15H,1-2,12,14H2,(H,23,26). The lowest BCUT2D eigenvalue weighted by molar-refractivity contribution is -0.117. The zero-order valence-corrected chi connectivity index (χ0v) is 14.8. The van der Waals surface area contributed by atoms with Crippen molar-refractivity contribution >= 4 is 23.2 Å². The first kappa shape index (κ1) is 17.0. The van der Waals surface area contributed by atoms with Gasteiger partial charge in [0.25, 0.3) is 0 Å². The first-order valence-electron chi connectivity index (χ1n) is 8.96. The van der Waals surface area contributed by atoms with Crippen LogP contribution < -0.4 is 10.2 Å². The second-order valence-electron chi connectivity index (χ2n) is 6.56. The number of imidazole rings is 1. The average Bonchev–Trinajstić information content (AvgIpc) is 3.35. The van der Waals surface area contributed by atoms with Crippen LogP contribution in [0.15, 0.2) is 67.3 Å². The molecule has 1 aromatic heterocycles. The van der Waals surface area contributed by atoms with Gasteiger partial charge >= 0.3 is 0 Å². The summed E-state index contributed by atoms with van der Waals surface area (Å²) in [6.45, 7) is 0.772. The van der Waals surface area contributed by atoms with E-state index in [4.69, 9.17) is 0 Å². The molecule has 0 unspecified atom stereocenters. The molecule has 4 rings (SSSR count). The number of aromatic nitrogens is 2. The maximum absolute atomic E-state index is 12.3. The number of amides is 2. The molecule has 6 heteroatoms. The van der Waals surface area contributed by atoms with Gasteiger partial charge in [-0.25, -0.2) is 4.98 Å². The van der Waals surface area contributed by atoms with Crippen molar-refractivity contribution in [1.82, 2.24) is 9.55 Å². The van der Waals surface area contributed by atoms with Crippen molar-refractivity contribution in [2.75, 3.05) is 16.8 Å². The van der Waals surface area contributed by atoms with E-state index in [-0.39, 0.29) is 18.2 Å². The lowest BCUT2D eigenvalue weighted by Crippen LogP contribution is -2.23. The van der Waals surface area contributed by atoms with E-state index < -0.39 is 0 Å². The molecule has 0 aliphatic carbocycles. The van der Waals surface area contributed by atoms with E-state index in [9.17, 15) is 9.59 Å². The van der Waals surface area contributed by atoms with Crippen molar-refractivity contribution < 1.29 is 9.59 Å². The normalized spacial score (nSPS) is 13.8. The third-order valence-electron chi connectivity index (χ3n) is 4.64. The molecule has 2 heterocycles. The third kappa shape index (κ3) is 3.89. The van der Waals surface area contributed by atoms with Gasteiger partial charge in [0.15, 0.2) is 0 Å². The molecule has 136 valence electrons. The number of nitrogens with zero attached hydrogens (tertiary/aromatic N) is 3. The summed E-state index contributed by atoms with van der Waals surface area (Å²) >= 11 is 0. The molecule has 27 heavy (non-hydrogen) atoms. The molecule has 2 aromatic carbocycles. The van der Waals surface area contributed by atoms with Gasteiger partial charge in [0.05, 0.1) is 12.7 Å². The molecule has 1 saturated heterocycles. The van der Waals surface area contributed by atoms with E-state index in [2.05, 4.69) is 10.3 Å². The first-order chi connectivity index (χ1) is 13.2. The van der Waals surface area contributed by atoms with Crippen LogP contribution in [0.4, 0.5) is 11.4 Å². The quantitative estimate of drug-likeness (QED) is 0.760. The van der Waals surface area contributed by atoms with Crippen LogP contribution in [0.2, 0.25) is 0 Å². The second kappa shape index (κ2) is 7.45. The smallest absolute Gasteiger partial charge is 0.228 e. The summed E-state index contributed by atoms with van der Waals surface area (Å²) in [6.07, 6.45) is 7.13. The Kier molecular flexibility index (Phi) is 4.70. The van der Waals surface area contributed by atoms with E-state index >= 15 is 0 Å². The summed E-state index contributed by atoms with van der Waals surface area (Å²) in [6, 6.07) is 15.2. The Hall–Kier alpha value is -3.41. The first-order valence-corrected chi connectivity index (χ1v) is 8.96. The molecular formula is C21H20N4O2. The number of rotatable bonds is 5. The van der Waals surface area contributed by atoms with Gasteiger partial charge in [0.1, 0.15) is 0 Å². The Balaban J connectivity index is 1.35. The molecule has 6 nitrogen and oxygen atoms in total. The molecule has 1 fully saturated rings. The highest BCUT2D eigenvalue weighted by Crippen LogP contribution is 2.22. The SMILES string of the molecule is O=C(Cc1ccc(N2CCCC2=O)cc1)Nc1ccc(-n2ccnc2)cc1. The monoisotopic (exact) mass is 360 g/mol. The van der Waals surface area contributed by atoms with Crippen LogP contribution in [-0.2, 0) is 16.0 Å². The van der Waals surface area contributed by atoms with Crippen LogP contribution >= 0.6 is 0 Å². The molecule has 0 radical (unpaired) electrons. The zero-order valence-electron chi connectivity index (χ0n) is 14.8. The fourth-order valence-electron chi connectivity index (χ4n) is 3.23. The molecule has 1 aliphatic rings. The van der Waals surface area contributed by atoms with E-state index in [1.807, 2.05) is 59.3 Å². The van der Waals surface area contributed by atoms with Crippen LogP contribution in [0.1, 0.15) is 18.4 Å². The van der Waals surface area contributed by atoms with Crippen LogP contribution in [0.5, 0.6) is 0 Å². The van der Waals surface area contributed by atoms with Crippen molar-refractivity contribution in [3.05, 3.63) is 72.8 Å². The van der Waals surface area contributed by atoms with E-state index in [0.717, 1.165) is 35.6 Å². The van der Waals surface area contributed by atoms with Gasteiger partial charge in [-0.05, 0) is 48.4 Å². The topological polar surface area (TPSA) is 67.2 Å². The Morgan fingerprint density at radius 2 is 1.78 bits per heavy atom. The Bertz CT molecular complexity index is 931. The molecular weight excluding hydrogens is 340 g/mol. The number of hydrogen-bond acceptors (Lipinski definition) is 3. The fraction of sp³-hybridized carbons (Fsp3) is 0.190. The molecule has 0 saturated carbocycles. The minimum absolute atomic E-state index is 0.0737. The Morgan fingerprint density at radius 1 is 1.04 bits per heavy atom. The van der Waals surface area contributed by atoms with Crippen molar-refractivity contribution in [3.63, 3.8) is 0 Å². The number of benzene rings is 2. The Labute approximate surface area is 157 Å². The molecule has 2 amide bonds. The highest BCUT2D eigenvalue weighted by atomic mass is 16.2. The zero-order chi connectivity index (χ0) is 18.6. The average molecular weight is 360 g/mol. The van der Waals surface area contributed by atoms with Gasteiger partial charge in [-0.15, -0.1) is 0 Å². The summed E-state index contributed by atoms with van der Waals surface area (Å²) in [4.78, 5) is 29.9. The van der Waals surface area contributed by atoms with Crippen LogP contribution in [-0.4, -0.2) is 27.9 Å². The summed E-state index contributed by atoms with van der Waals surface area (Å²) in [5.74, 6) is 0.0926. The molecule has 1 aliphatic heterocycles.